The number of rotatable bonds is 19. The lowest BCUT2D eigenvalue weighted by Gasteiger charge is -2.28. The molecular weight excluding hydrogens is 431 g/mol. The second kappa shape index (κ2) is 20.2. The fraction of sp³-hybridized carbons (Fsp3) is 0.875. The molecule has 0 radical (unpaired) electrons. The summed E-state index contributed by atoms with van der Waals surface area (Å²) in [7, 11) is -4.59. The Morgan fingerprint density at radius 3 is 1.55 bits per heavy atom. The first kappa shape index (κ1) is 32.7. The monoisotopic (exact) mass is 480 g/mol. The summed E-state index contributed by atoms with van der Waals surface area (Å²) in [5.41, 5.74) is -0.168. The lowest BCUT2D eigenvalue weighted by Crippen LogP contribution is -2.24. The molecule has 0 spiro atoms. The topological polar surface area (TPSA) is 94.5 Å². The van der Waals surface area contributed by atoms with E-state index in [2.05, 4.69) is 34.3 Å². The minimum atomic E-state index is -4.00. The molecule has 0 aliphatic heterocycles. The Balaban J connectivity index is 0. The Bertz CT molecular complexity index is 539. The summed E-state index contributed by atoms with van der Waals surface area (Å²) >= 11 is 0. The van der Waals surface area contributed by atoms with Crippen molar-refractivity contribution in [1.29, 1.82) is 0 Å². The van der Waals surface area contributed by atoms with Gasteiger partial charge in [-0.05, 0) is 50.5 Å². The fourth-order valence-corrected chi connectivity index (χ4v) is 9.30. The normalized spacial score (nSPS) is 11.6. The standard InChI is InChI=1S/C18H40P.C6H10O5S/c1-5-9-13-14-18-19(15-10-6-2,16-11-7-3)17-12-8-4;1-5(6(7)8)3-2-4-12(9,10)11/h5-18H2,1-4H3;1-4H2,(H,7,8)(H,9,10,11)/q+1;/p-1. The van der Waals surface area contributed by atoms with Gasteiger partial charge in [0.1, 0.15) is 0 Å². The van der Waals surface area contributed by atoms with Gasteiger partial charge in [-0.15, -0.1) is 0 Å². The molecule has 0 aliphatic rings. The molecule has 0 saturated heterocycles. The van der Waals surface area contributed by atoms with Crippen LogP contribution in [0, 0.1) is 0 Å². The maximum Gasteiger partial charge on any atom is 0.264 e. The molecule has 0 bridgehead atoms. The Hall–Kier alpha value is -0.450. The van der Waals surface area contributed by atoms with Gasteiger partial charge in [-0.2, -0.15) is 8.42 Å². The first-order valence-corrected chi connectivity index (χ1v) is 16.4. The van der Waals surface area contributed by atoms with Gasteiger partial charge in [-0.3, -0.25) is 4.55 Å². The summed E-state index contributed by atoms with van der Waals surface area (Å²) in [4.78, 5) is 10.0. The largest absolute Gasteiger partial charge is 0.545 e. The molecule has 0 aliphatic carbocycles. The zero-order valence-corrected chi connectivity index (χ0v) is 22.4. The van der Waals surface area contributed by atoms with Gasteiger partial charge < -0.3 is 9.90 Å². The van der Waals surface area contributed by atoms with Crippen LogP contribution < -0.4 is 5.11 Å². The van der Waals surface area contributed by atoms with Gasteiger partial charge in [0.15, 0.2) is 0 Å². The third-order valence-electron chi connectivity index (χ3n) is 5.61. The molecule has 0 aromatic carbocycles. The van der Waals surface area contributed by atoms with Crippen molar-refractivity contribution in [3.63, 3.8) is 0 Å². The number of carboxylic acids is 1. The van der Waals surface area contributed by atoms with E-state index in [1.54, 1.807) is 24.6 Å². The van der Waals surface area contributed by atoms with Crippen LogP contribution >= 0.6 is 7.26 Å². The van der Waals surface area contributed by atoms with Gasteiger partial charge in [0.05, 0.1) is 36.4 Å². The number of hydrogen-bond acceptors (Lipinski definition) is 4. The number of aliphatic carboxylic acids is 1. The molecule has 0 aromatic rings. The summed E-state index contributed by atoms with van der Waals surface area (Å²) in [6, 6.07) is 0. The second-order valence-corrected chi connectivity index (χ2v) is 14.7. The van der Waals surface area contributed by atoms with E-state index in [-0.39, 0.29) is 18.4 Å². The van der Waals surface area contributed by atoms with E-state index in [4.69, 9.17) is 4.55 Å². The van der Waals surface area contributed by atoms with E-state index in [1.807, 2.05) is 0 Å². The van der Waals surface area contributed by atoms with Gasteiger partial charge in [-0.1, -0.05) is 66.4 Å². The van der Waals surface area contributed by atoms with E-state index in [9.17, 15) is 18.3 Å². The molecule has 186 valence electrons. The summed E-state index contributed by atoms with van der Waals surface area (Å²) in [6.45, 7) is 12.6. The van der Waals surface area contributed by atoms with E-state index in [0.717, 1.165) is 0 Å². The van der Waals surface area contributed by atoms with Crippen molar-refractivity contribution in [2.45, 2.75) is 105 Å². The highest BCUT2D eigenvalue weighted by Crippen LogP contribution is 2.61. The van der Waals surface area contributed by atoms with Crippen molar-refractivity contribution < 1.29 is 22.9 Å². The maximum absolute atomic E-state index is 10.1. The van der Waals surface area contributed by atoms with Crippen LogP contribution in [-0.2, 0) is 14.9 Å². The molecular formula is C24H49O5PS. The van der Waals surface area contributed by atoms with Crippen LogP contribution in [0.2, 0.25) is 0 Å². The van der Waals surface area contributed by atoms with Crippen LogP contribution in [0.1, 0.15) is 105 Å². The van der Waals surface area contributed by atoms with Crippen LogP contribution in [-0.4, -0.2) is 49.3 Å². The number of carbonyl (C=O) groups excluding carboxylic acids is 1. The molecule has 0 unspecified atom stereocenters. The first-order valence-electron chi connectivity index (χ1n) is 12.3. The van der Waals surface area contributed by atoms with Gasteiger partial charge in [0, 0.05) is 7.26 Å². The summed E-state index contributed by atoms with van der Waals surface area (Å²) in [5.74, 6) is -1.86. The molecule has 0 fully saturated rings. The van der Waals surface area contributed by atoms with E-state index in [1.165, 1.54) is 64.2 Å². The molecule has 5 nitrogen and oxygen atoms in total. The smallest absolute Gasteiger partial charge is 0.264 e. The molecule has 0 atom stereocenters. The molecule has 31 heavy (non-hydrogen) atoms. The second-order valence-electron chi connectivity index (χ2n) is 8.64. The fourth-order valence-electron chi connectivity index (χ4n) is 3.60. The van der Waals surface area contributed by atoms with Gasteiger partial charge in [0.25, 0.3) is 10.1 Å². The molecule has 0 heterocycles. The molecule has 0 saturated carbocycles. The molecule has 0 rings (SSSR count). The summed E-state index contributed by atoms with van der Waals surface area (Å²) in [6.07, 6.45) is 21.0. The predicted octanol–water partition coefficient (Wildman–Crippen LogP) is 5.95. The van der Waals surface area contributed by atoms with E-state index in [0.29, 0.717) is 0 Å². The number of carboxylic acid groups (broad SMARTS) is 1. The van der Waals surface area contributed by atoms with Crippen molar-refractivity contribution in [3.8, 4) is 0 Å². The van der Waals surface area contributed by atoms with Gasteiger partial charge >= 0.3 is 0 Å². The Morgan fingerprint density at radius 1 is 0.774 bits per heavy atom. The average Bonchev–Trinajstić information content (AvgIpc) is 2.71. The molecule has 0 amide bonds. The summed E-state index contributed by atoms with van der Waals surface area (Å²) < 4.78 is 28.5. The molecule has 7 heteroatoms. The predicted molar refractivity (Wildman–Crippen MR) is 135 cm³/mol. The van der Waals surface area contributed by atoms with Crippen molar-refractivity contribution in [2.24, 2.45) is 0 Å². The average molecular weight is 481 g/mol. The van der Waals surface area contributed by atoms with Crippen LogP contribution in [0.4, 0.5) is 0 Å². The number of carbonyl (C=O) groups is 1. The minimum Gasteiger partial charge on any atom is -0.545 e. The highest BCUT2D eigenvalue weighted by atomic mass is 32.2. The van der Waals surface area contributed by atoms with E-state index >= 15 is 0 Å². The van der Waals surface area contributed by atoms with Crippen molar-refractivity contribution in [3.05, 3.63) is 12.2 Å². The Labute approximate surface area is 193 Å². The highest BCUT2D eigenvalue weighted by Gasteiger charge is 2.34. The lowest BCUT2D eigenvalue weighted by molar-refractivity contribution is -0.299. The third-order valence-corrected chi connectivity index (χ3v) is 11.5. The molecule has 0 aromatic heterocycles. The van der Waals surface area contributed by atoms with Crippen molar-refractivity contribution in [1.82, 2.24) is 0 Å². The third kappa shape index (κ3) is 21.2. The van der Waals surface area contributed by atoms with E-state index < -0.39 is 29.1 Å². The van der Waals surface area contributed by atoms with Crippen LogP contribution in [0.3, 0.4) is 0 Å². The van der Waals surface area contributed by atoms with Crippen LogP contribution in [0.25, 0.3) is 0 Å². The number of unbranched alkanes of at least 4 members (excludes halogenated alkanes) is 6. The Kier molecular flexibility index (Phi) is 21.3. The SMILES string of the molecule is C=C(CCCS(=O)(=O)O)C(=O)[O-].CCCCCC[P+](CCCC)(CCCC)CCCC. The van der Waals surface area contributed by atoms with Crippen LogP contribution in [0.15, 0.2) is 12.2 Å². The first-order chi connectivity index (χ1) is 14.6. The van der Waals surface area contributed by atoms with Crippen LogP contribution in [0.5, 0.6) is 0 Å². The van der Waals surface area contributed by atoms with Gasteiger partial charge in [-0.25, -0.2) is 0 Å². The zero-order chi connectivity index (χ0) is 24.2. The highest BCUT2D eigenvalue weighted by molar-refractivity contribution is 7.85. The lowest BCUT2D eigenvalue weighted by atomic mass is 10.2. The van der Waals surface area contributed by atoms with Crippen molar-refractivity contribution >= 4 is 23.3 Å². The maximum atomic E-state index is 10.1. The quantitative estimate of drug-likeness (QED) is 0.107. The summed E-state index contributed by atoms with van der Waals surface area (Å²) in [5, 5.41) is 10.0. The Morgan fingerprint density at radius 2 is 1.19 bits per heavy atom. The zero-order valence-electron chi connectivity index (χ0n) is 20.7. The molecule has 1 N–H and O–H groups in total. The van der Waals surface area contributed by atoms with Gasteiger partial charge in [0.2, 0.25) is 0 Å². The van der Waals surface area contributed by atoms with Crippen molar-refractivity contribution in [2.75, 3.05) is 30.4 Å². The number of hydrogen-bond donors (Lipinski definition) is 1. The minimum absolute atomic E-state index is 0.00211.